The maximum Gasteiger partial charge on any atom is 0.335 e. The van der Waals surface area contributed by atoms with E-state index in [0.29, 0.717) is 18.6 Å². The van der Waals surface area contributed by atoms with Crippen LogP contribution in [0.25, 0.3) is 0 Å². The van der Waals surface area contributed by atoms with Crippen LogP contribution in [0.15, 0.2) is 23.1 Å². The zero-order chi connectivity index (χ0) is 15.6. The number of aromatic carboxylic acids is 1. The maximum atomic E-state index is 12.8. The lowest BCUT2D eigenvalue weighted by molar-refractivity contribution is 0.0101. The smallest absolute Gasteiger partial charge is 0.335 e. The molecule has 0 spiro atoms. The van der Waals surface area contributed by atoms with E-state index in [1.165, 1.54) is 16.4 Å². The largest absolute Gasteiger partial charge is 0.478 e. The van der Waals surface area contributed by atoms with E-state index in [2.05, 4.69) is 0 Å². The Kier molecular flexibility index (Phi) is 4.65. The lowest BCUT2D eigenvalue weighted by Gasteiger charge is -2.30. The Hall–Kier alpha value is -1.44. The van der Waals surface area contributed by atoms with Crippen molar-refractivity contribution in [3.8, 4) is 0 Å². The number of ether oxygens (including phenoxy) is 1. The quantitative estimate of drug-likeness (QED) is 0.907. The number of carboxylic acid groups (broad SMARTS) is 1. The summed E-state index contributed by atoms with van der Waals surface area (Å²) < 4.78 is 32.2. The van der Waals surface area contributed by atoms with Gasteiger partial charge in [-0.15, -0.1) is 0 Å². The molecule has 1 aliphatic rings. The van der Waals surface area contributed by atoms with Crippen LogP contribution in [0, 0.1) is 0 Å². The van der Waals surface area contributed by atoms with E-state index in [1.807, 2.05) is 13.8 Å². The van der Waals surface area contributed by atoms with E-state index in [-0.39, 0.29) is 29.7 Å². The topological polar surface area (TPSA) is 83.9 Å². The van der Waals surface area contributed by atoms with Gasteiger partial charge in [-0.25, -0.2) is 13.2 Å². The number of benzene rings is 1. The highest BCUT2D eigenvalue weighted by Gasteiger charge is 2.31. The van der Waals surface area contributed by atoms with Crippen molar-refractivity contribution in [3.05, 3.63) is 29.3 Å². The van der Waals surface area contributed by atoms with Crippen molar-refractivity contribution in [2.24, 2.45) is 0 Å². The van der Waals surface area contributed by atoms with E-state index in [1.54, 1.807) is 6.07 Å². The van der Waals surface area contributed by atoms with E-state index < -0.39 is 16.0 Å². The van der Waals surface area contributed by atoms with Crippen molar-refractivity contribution >= 4 is 16.0 Å². The number of hydrogen-bond acceptors (Lipinski definition) is 4. The SMILES string of the molecule is CCc1ccc(C(=O)O)cc1S(=O)(=O)N1CCOC(C)C1. The fourth-order valence-corrected chi connectivity index (χ4v) is 4.18. The summed E-state index contributed by atoms with van der Waals surface area (Å²) in [6, 6.07) is 4.25. The van der Waals surface area contributed by atoms with Gasteiger partial charge in [-0.1, -0.05) is 13.0 Å². The molecule has 1 fully saturated rings. The molecular weight excluding hydrogens is 294 g/mol. The molecule has 0 bridgehead atoms. The number of morpholine rings is 1. The molecule has 0 amide bonds. The molecule has 0 aliphatic carbocycles. The van der Waals surface area contributed by atoms with Crippen LogP contribution in [-0.4, -0.2) is 49.6 Å². The van der Waals surface area contributed by atoms with Crippen LogP contribution in [0.1, 0.15) is 29.8 Å². The van der Waals surface area contributed by atoms with Gasteiger partial charge in [0.05, 0.1) is 23.2 Å². The molecule has 1 heterocycles. The molecule has 1 atom stereocenters. The molecular formula is C14H19NO5S. The van der Waals surface area contributed by atoms with Gasteiger partial charge in [0.2, 0.25) is 10.0 Å². The van der Waals surface area contributed by atoms with Crippen molar-refractivity contribution in [3.63, 3.8) is 0 Å². The molecule has 21 heavy (non-hydrogen) atoms. The number of carboxylic acids is 1. The monoisotopic (exact) mass is 313 g/mol. The van der Waals surface area contributed by atoms with Crippen LogP contribution in [0.4, 0.5) is 0 Å². The first-order chi connectivity index (χ1) is 9.86. The summed E-state index contributed by atoms with van der Waals surface area (Å²) in [7, 11) is -3.70. The van der Waals surface area contributed by atoms with Crippen LogP contribution in [0.5, 0.6) is 0 Å². The molecule has 1 aromatic carbocycles. The fraction of sp³-hybridized carbons (Fsp3) is 0.500. The summed E-state index contributed by atoms with van der Waals surface area (Å²) in [6.07, 6.45) is 0.357. The first-order valence-electron chi connectivity index (χ1n) is 6.84. The Morgan fingerprint density at radius 3 is 2.76 bits per heavy atom. The van der Waals surface area contributed by atoms with E-state index >= 15 is 0 Å². The second kappa shape index (κ2) is 6.13. The maximum absolute atomic E-state index is 12.8. The summed E-state index contributed by atoms with van der Waals surface area (Å²) in [4.78, 5) is 11.2. The zero-order valence-corrected chi connectivity index (χ0v) is 12.9. The van der Waals surface area contributed by atoms with Crippen molar-refractivity contribution in [2.45, 2.75) is 31.3 Å². The van der Waals surface area contributed by atoms with Crippen molar-refractivity contribution in [2.75, 3.05) is 19.7 Å². The van der Waals surface area contributed by atoms with Gasteiger partial charge in [0, 0.05) is 13.1 Å². The lowest BCUT2D eigenvalue weighted by Crippen LogP contribution is -2.44. The van der Waals surface area contributed by atoms with Crippen LogP contribution in [0.3, 0.4) is 0 Å². The molecule has 1 saturated heterocycles. The number of aryl methyl sites for hydroxylation is 1. The van der Waals surface area contributed by atoms with E-state index in [0.717, 1.165) is 0 Å². The summed E-state index contributed by atoms with van der Waals surface area (Å²) in [5.74, 6) is -1.13. The standard InChI is InChI=1S/C14H19NO5S/c1-3-11-4-5-12(14(16)17)8-13(11)21(18,19)15-6-7-20-10(2)9-15/h4-5,8,10H,3,6-7,9H2,1-2H3,(H,16,17). The normalized spacial score (nSPS) is 20.4. The first kappa shape index (κ1) is 15.9. The van der Waals surface area contributed by atoms with Crippen LogP contribution in [-0.2, 0) is 21.2 Å². The molecule has 0 saturated carbocycles. The average Bonchev–Trinajstić information content (AvgIpc) is 2.46. The molecule has 1 aliphatic heterocycles. The minimum Gasteiger partial charge on any atom is -0.478 e. The Bertz CT molecular complexity index is 641. The molecule has 0 radical (unpaired) electrons. The van der Waals surface area contributed by atoms with Gasteiger partial charge in [0.25, 0.3) is 0 Å². The first-order valence-corrected chi connectivity index (χ1v) is 8.28. The third-order valence-corrected chi connectivity index (χ3v) is 5.46. The molecule has 1 aromatic rings. The number of nitrogens with zero attached hydrogens (tertiary/aromatic N) is 1. The Balaban J connectivity index is 2.47. The highest BCUT2D eigenvalue weighted by Crippen LogP contribution is 2.24. The average molecular weight is 313 g/mol. The third kappa shape index (κ3) is 3.25. The van der Waals surface area contributed by atoms with Gasteiger partial charge < -0.3 is 9.84 Å². The Morgan fingerprint density at radius 2 is 2.19 bits per heavy atom. The third-order valence-electron chi connectivity index (χ3n) is 3.52. The van der Waals surface area contributed by atoms with E-state index in [9.17, 15) is 13.2 Å². The molecule has 116 valence electrons. The summed E-state index contributed by atoms with van der Waals surface area (Å²) in [6.45, 7) is 4.57. The van der Waals surface area contributed by atoms with Crippen LogP contribution >= 0.6 is 0 Å². The van der Waals surface area contributed by atoms with Crippen molar-refractivity contribution in [1.29, 1.82) is 0 Å². The van der Waals surface area contributed by atoms with Crippen molar-refractivity contribution in [1.82, 2.24) is 4.31 Å². The lowest BCUT2D eigenvalue weighted by atomic mass is 10.1. The highest BCUT2D eigenvalue weighted by atomic mass is 32.2. The molecule has 1 unspecified atom stereocenters. The number of sulfonamides is 1. The number of rotatable bonds is 4. The highest BCUT2D eigenvalue weighted by molar-refractivity contribution is 7.89. The predicted octanol–water partition coefficient (Wildman–Crippen LogP) is 1.36. The second-order valence-electron chi connectivity index (χ2n) is 5.03. The van der Waals surface area contributed by atoms with Crippen molar-refractivity contribution < 1.29 is 23.1 Å². The predicted molar refractivity (Wildman–Crippen MR) is 77.0 cm³/mol. The minimum absolute atomic E-state index is 0.0212. The molecule has 1 N–H and O–H groups in total. The summed E-state index contributed by atoms with van der Waals surface area (Å²) >= 11 is 0. The molecule has 2 rings (SSSR count). The second-order valence-corrected chi connectivity index (χ2v) is 6.93. The van der Waals surface area contributed by atoms with Gasteiger partial charge in [0.1, 0.15) is 0 Å². The Morgan fingerprint density at radius 1 is 1.48 bits per heavy atom. The van der Waals surface area contributed by atoms with Crippen LogP contribution < -0.4 is 0 Å². The molecule has 6 nitrogen and oxygen atoms in total. The van der Waals surface area contributed by atoms with Gasteiger partial charge in [-0.3, -0.25) is 0 Å². The summed E-state index contributed by atoms with van der Waals surface area (Å²) in [5, 5.41) is 9.06. The van der Waals surface area contributed by atoms with Gasteiger partial charge in [0.15, 0.2) is 0 Å². The minimum atomic E-state index is -3.70. The van der Waals surface area contributed by atoms with Gasteiger partial charge in [-0.05, 0) is 31.0 Å². The summed E-state index contributed by atoms with van der Waals surface area (Å²) in [5.41, 5.74) is 0.603. The number of hydrogen-bond donors (Lipinski definition) is 1. The molecule has 7 heteroatoms. The molecule has 0 aromatic heterocycles. The van der Waals surface area contributed by atoms with Crippen LogP contribution in [0.2, 0.25) is 0 Å². The zero-order valence-electron chi connectivity index (χ0n) is 12.1. The van der Waals surface area contributed by atoms with Gasteiger partial charge in [-0.2, -0.15) is 4.31 Å². The fourth-order valence-electron chi connectivity index (χ4n) is 2.36. The Labute approximate surface area is 124 Å². The van der Waals surface area contributed by atoms with Gasteiger partial charge >= 0.3 is 5.97 Å². The number of carbonyl (C=O) groups is 1. The van der Waals surface area contributed by atoms with E-state index in [4.69, 9.17) is 9.84 Å².